The lowest BCUT2D eigenvalue weighted by Gasteiger charge is -2.08. The van der Waals surface area contributed by atoms with Crippen LogP contribution in [-0.4, -0.2) is 44.3 Å². The van der Waals surface area contributed by atoms with E-state index in [1.54, 1.807) is 6.92 Å². The number of hydrogen-bond donors (Lipinski definition) is 2. The van der Waals surface area contributed by atoms with E-state index in [2.05, 4.69) is 17.2 Å². The van der Waals surface area contributed by atoms with E-state index in [9.17, 15) is 14.4 Å². The Kier molecular flexibility index (Phi) is 9.72. The molecular weight excluding hydrogens is 264 g/mol. The van der Waals surface area contributed by atoms with Gasteiger partial charge in [-0.15, -0.1) is 0 Å². The molecule has 0 rings (SSSR count). The van der Waals surface area contributed by atoms with Crippen molar-refractivity contribution in [2.45, 2.75) is 26.7 Å². The van der Waals surface area contributed by atoms with Crippen LogP contribution in [0.15, 0.2) is 12.2 Å². The van der Waals surface area contributed by atoms with Crippen molar-refractivity contribution in [2.24, 2.45) is 0 Å². The second-order valence-electron chi connectivity index (χ2n) is 4.15. The highest BCUT2D eigenvalue weighted by atomic mass is 16.5. The summed E-state index contributed by atoms with van der Waals surface area (Å²) in [5.74, 6) is -0.780. The van der Waals surface area contributed by atoms with Gasteiger partial charge in [0.05, 0.1) is 13.2 Å². The van der Waals surface area contributed by atoms with Crippen molar-refractivity contribution in [3.05, 3.63) is 12.2 Å². The molecule has 0 aromatic heterocycles. The van der Waals surface area contributed by atoms with E-state index in [4.69, 9.17) is 9.47 Å². The molecule has 0 atom stereocenters. The zero-order valence-corrected chi connectivity index (χ0v) is 12.0. The van der Waals surface area contributed by atoms with Crippen LogP contribution < -0.4 is 10.6 Å². The molecule has 0 saturated carbocycles. The minimum atomic E-state index is -0.474. The van der Waals surface area contributed by atoms with Crippen LogP contribution in [0.2, 0.25) is 0 Å². The van der Waals surface area contributed by atoms with E-state index < -0.39 is 5.97 Å². The number of hydrogen-bond acceptors (Lipinski definition) is 5. The first kappa shape index (κ1) is 17.9. The summed E-state index contributed by atoms with van der Waals surface area (Å²) in [7, 11) is 0. The number of ether oxygens (including phenoxy) is 2. The van der Waals surface area contributed by atoms with Crippen molar-refractivity contribution in [1.82, 2.24) is 10.6 Å². The molecule has 0 spiro atoms. The zero-order valence-electron chi connectivity index (χ0n) is 12.0. The number of unbranched alkanes of at least 4 members (excludes halogenated alkanes) is 1. The van der Waals surface area contributed by atoms with E-state index in [0.29, 0.717) is 31.6 Å². The highest BCUT2D eigenvalue weighted by Gasteiger charge is 2.03. The van der Waals surface area contributed by atoms with Gasteiger partial charge < -0.3 is 20.1 Å². The molecular formula is C13H22N2O5. The van der Waals surface area contributed by atoms with Crippen LogP contribution in [0.4, 0.5) is 4.79 Å². The number of carbonyl (C=O) groups excluding carboxylic acids is 3. The third-order valence-electron chi connectivity index (χ3n) is 2.13. The maximum atomic E-state index is 11.3. The summed E-state index contributed by atoms with van der Waals surface area (Å²) in [4.78, 5) is 32.8. The van der Waals surface area contributed by atoms with Gasteiger partial charge in [-0.3, -0.25) is 4.79 Å². The van der Waals surface area contributed by atoms with Crippen molar-refractivity contribution in [3.8, 4) is 0 Å². The Labute approximate surface area is 118 Å². The standard InChI is InChI=1S/C13H22N2O5/c1-10(2)12(17)20-9-7-15-13(18)14-6-4-5-8-19-11(3)16/h1,4-9H2,2-3H3,(H2,14,15,18). The maximum Gasteiger partial charge on any atom is 0.333 e. The van der Waals surface area contributed by atoms with Crippen LogP contribution in [0.1, 0.15) is 26.7 Å². The second kappa shape index (κ2) is 10.8. The van der Waals surface area contributed by atoms with Gasteiger partial charge in [0, 0.05) is 19.0 Å². The number of carbonyl (C=O) groups is 3. The first-order valence-electron chi connectivity index (χ1n) is 6.41. The van der Waals surface area contributed by atoms with E-state index in [1.165, 1.54) is 6.92 Å². The van der Waals surface area contributed by atoms with Gasteiger partial charge in [0.2, 0.25) is 0 Å². The van der Waals surface area contributed by atoms with Gasteiger partial charge in [-0.25, -0.2) is 9.59 Å². The third kappa shape index (κ3) is 11.1. The van der Waals surface area contributed by atoms with Crippen LogP contribution in [0.3, 0.4) is 0 Å². The Bertz CT molecular complexity index is 355. The zero-order chi connectivity index (χ0) is 15.4. The van der Waals surface area contributed by atoms with Gasteiger partial charge in [-0.1, -0.05) is 6.58 Å². The summed E-state index contributed by atoms with van der Waals surface area (Å²) in [5, 5.41) is 5.18. The minimum absolute atomic E-state index is 0.103. The van der Waals surface area contributed by atoms with Crippen molar-refractivity contribution in [2.75, 3.05) is 26.3 Å². The Morgan fingerprint density at radius 1 is 0.950 bits per heavy atom. The lowest BCUT2D eigenvalue weighted by molar-refractivity contribution is -0.141. The quantitative estimate of drug-likeness (QED) is 0.370. The van der Waals surface area contributed by atoms with Gasteiger partial charge in [-0.2, -0.15) is 0 Å². The number of nitrogens with one attached hydrogen (secondary N) is 2. The Morgan fingerprint density at radius 2 is 1.60 bits per heavy atom. The molecule has 0 heterocycles. The van der Waals surface area contributed by atoms with Crippen LogP contribution >= 0.6 is 0 Å². The van der Waals surface area contributed by atoms with E-state index in [-0.39, 0.29) is 25.2 Å². The number of urea groups is 1. The Balaban J connectivity index is 3.39. The summed E-state index contributed by atoms with van der Waals surface area (Å²) in [5.41, 5.74) is 0.322. The molecule has 0 aliphatic rings. The topological polar surface area (TPSA) is 93.7 Å². The average molecular weight is 286 g/mol. The fraction of sp³-hybridized carbons (Fsp3) is 0.615. The van der Waals surface area contributed by atoms with E-state index >= 15 is 0 Å². The first-order chi connectivity index (χ1) is 9.43. The summed E-state index contributed by atoms with van der Waals surface area (Å²) in [6.07, 6.45) is 1.40. The molecule has 0 fully saturated rings. The Hall–Kier alpha value is -2.05. The minimum Gasteiger partial charge on any atom is -0.466 e. The summed E-state index contributed by atoms with van der Waals surface area (Å²) in [6.45, 7) is 7.53. The van der Waals surface area contributed by atoms with Crippen molar-refractivity contribution >= 4 is 18.0 Å². The first-order valence-corrected chi connectivity index (χ1v) is 6.41. The van der Waals surface area contributed by atoms with Crippen molar-refractivity contribution < 1.29 is 23.9 Å². The predicted octanol–water partition coefficient (Wildman–Crippen LogP) is 0.748. The lowest BCUT2D eigenvalue weighted by atomic mass is 10.3. The lowest BCUT2D eigenvalue weighted by Crippen LogP contribution is -2.38. The molecule has 2 N–H and O–H groups in total. The van der Waals surface area contributed by atoms with Crippen LogP contribution in [0.5, 0.6) is 0 Å². The van der Waals surface area contributed by atoms with Crippen LogP contribution in [0, 0.1) is 0 Å². The maximum absolute atomic E-state index is 11.3. The van der Waals surface area contributed by atoms with E-state index in [1.807, 2.05) is 0 Å². The third-order valence-corrected chi connectivity index (χ3v) is 2.13. The molecule has 0 saturated heterocycles. The molecule has 7 nitrogen and oxygen atoms in total. The molecule has 0 aliphatic carbocycles. The molecule has 2 amide bonds. The number of amides is 2. The summed E-state index contributed by atoms with van der Waals surface area (Å²) in [6, 6.07) is -0.330. The number of rotatable bonds is 9. The molecule has 0 aromatic carbocycles. The monoisotopic (exact) mass is 286 g/mol. The fourth-order valence-corrected chi connectivity index (χ4v) is 1.14. The van der Waals surface area contributed by atoms with E-state index in [0.717, 1.165) is 0 Å². The normalized spacial score (nSPS) is 9.50. The smallest absolute Gasteiger partial charge is 0.333 e. The average Bonchev–Trinajstić information content (AvgIpc) is 2.37. The molecule has 0 aromatic rings. The van der Waals surface area contributed by atoms with Crippen molar-refractivity contribution in [1.29, 1.82) is 0 Å². The van der Waals surface area contributed by atoms with Gasteiger partial charge in [0.25, 0.3) is 0 Å². The van der Waals surface area contributed by atoms with Crippen LogP contribution in [0.25, 0.3) is 0 Å². The number of esters is 2. The SMILES string of the molecule is C=C(C)C(=O)OCCNC(=O)NCCCCOC(C)=O. The fourth-order valence-electron chi connectivity index (χ4n) is 1.14. The predicted molar refractivity (Wildman–Crippen MR) is 73.0 cm³/mol. The van der Waals surface area contributed by atoms with Gasteiger partial charge in [0.15, 0.2) is 0 Å². The highest BCUT2D eigenvalue weighted by molar-refractivity contribution is 5.86. The van der Waals surface area contributed by atoms with Gasteiger partial charge in [-0.05, 0) is 19.8 Å². The molecule has 0 unspecified atom stereocenters. The summed E-state index contributed by atoms with van der Waals surface area (Å²) >= 11 is 0. The van der Waals surface area contributed by atoms with Crippen LogP contribution in [-0.2, 0) is 19.1 Å². The molecule has 0 aliphatic heterocycles. The molecule has 20 heavy (non-hydrogen) atoms. The van der Waals surface area contributed by atoms with Crippen molar-refractivity contribution in [3.63, 3.8) is 0 Å². The molecule has 114 valence electrons. The highest BCUT2D eigenvalue weighted by Crippen LogP contribution is 1.91. The molecule has 0 radical (unpaired) electrons. The largest absolute Gasteiger partial charge is 0.466 e. The Morgan fingerprint density at radius 3 is 2.20 bits per heavy atom. The summed E-state index contributed by atoms with van der Waals surface area (Å²) < 4.78 is 9.55. The second-order valence-corrected chi connectivity index (χ2v) is 4.15. The van der Waals surface area contributed by atoms with Gasteiger partial charge >= 0.3 is 18.0 Å². The molecule has 0 bridgehead atoms. The van der Waals surface area contributed by atoms with Gasteiger partial charge in [0.1, 0.15) is 6.61 Å². The molecule has 7 heteroatoms.